The minimum Gasteiger partial charge on any atom is -0.265 e. The van der Waals surface area contributed by atoms with Crippen molar-refractivity contribution in [1.82, 2.24) is 15.4 Å². The molecule has 0 spiro atoms. The molecule has 0 aliphatic carbocycles. The van der Waals surface area contributed by atoms with Gasteiger partial charge < -0.3 is 0 Å². The summed E-state index contributed by atoms with van der Waals surface area (Å²) in [6.45, 7) is 0. The molecule has 0 bridgehead atoms. The zero-order chi connectivity index (χ0) is 8.23. The van der Waals surface area contributed by atoms with Crippen LogP contribution in [-0.4, -0.2) is 15.4 Å². The fraction of sp³-hybridized carbons (Fsp3) is 0. The molecular formula is C8H9IN3P. The number of hydrogen-bond acceptors (Lipinski definition) is 2. The number of benzene rings is 1. The Balaban J connectivity index is 0.000000845. The fourth-order valence-electron chi connectivity index (χ4n) is 0.932. The Morgan fingerprint density at radius 1 is 1.15 bits per heavy atom. The molecule has 0 fully saturated rings. The van der Waals surface area contributed by atoms with E-state index in [0.717, 1.165) is 5.44 Å². The number of nitrogens with zero attached hydrogens (tertiary/aromatic N) is 2. The zero-order valence-electron chi connectivity index (χ0n) is 6.77. The Labute approximate surface area is 95.1 Å². The van der Waals surface area contributed by atoms with Crippen LogP contribution in [0.1, 0.15) is 0 Å². The second-order valence-electron chi connectivity index (χ2n) is 2.35. The quantitative estimate of drug-likeness (QED) is 0.666. The molecule has 0 saturated carbocycles. The van der Waals surface area contributed by atoms with Gasteiger partial charge in [-0.25, -0.2) is 0 Å². The average molecular weight is 305 g/mol. The van der Waals surface area contributed by atoms with Crippen molar-refractivity contribution < 1.29 is 0 Å². The number of hydrogen-bond donors (Lipinski definition) is 1. The Kier molecular flexibility index (Phi) is 4.32. The van der Waals surface area contributed by atoms with Gasteiger partial charge in [0.05, 0.1) is 0 Å². The Morgan fingerprint density at radius 2 is 1.92 bits per heavy atom. The lowest BCUT2D eigenvalue weighted by Crippen LogP contribution is -2.03. The van der Waals surface area contributed by atoms with E-state index in [1.807, 2.05) is 24.4 Å². The minimum absolute atomic E-state index is 0. The van der Waals surface area contributed by atoms with Crippen LogP contribution in [0.15, 0.2) is 36.5 Å². The predicted molar refractivity (Wildman–Crippen MR) is 65.8 cm³/mol. The van der Waals surface area contributed by atoms with Gasteiger partial charge in [0.15, 0.2) is 0 Å². The van der Waals surface area contributed by atoms with E-state index in [1.54, 1.807) is 0 Å². The molecule has 0 aliphatic heterocycles. The molecule has 1 heterocycles. The smallest absolute Gasteiger partial charge is 0.106 e. The van der Waals surface area contributed by atoms with Crippen molar-refractivity contribution in [3.63, 3.8) is 0 Å². The lowest BCUT2D eigenvalue weighted by Gasteiger charge is -1.94. The van der Waals surface area contributed by atoms with Crippen molar-refractivity contribution in [1.29, 1.82) is 0 Å². The SMILES string of the molecule is I.c1ccc(Pc2c[nH]nn2)cc1. The van der Waals surface area contributed by atoms with Crippen LogP contribution in [0.25, 0.3) is 0 Å². The van der Waals surface area contributed by atoms with Gasteiger partial charge in [-0.1, -0.05) is 35.5 Å². The molecule has 0 saturated heterocycles. The second-order valence-corrected chi connectivity index (χ2v) is 3.69. The minimum atomic E-state index is 0. The van der Waals surface area contributed by atoms with Crippen LogP contribution in [0, 0.1) is 0 Å². The summed E-state index contributed by atoms with van der Waals surface area (Å²) >= 11 is 0. The van der Waals surface area contributed by atoms with E-state index in [-0.39, 0.29) is 24.0 Å². The first-order valence-corrected chi connectivity index (χ1v) is 4.64. The van der Waals surface area contributed by atoms with Gasteiger partial charge in [0.25, 0.3) is 0 Å². The van der Waals surface area contributed by atoms with Crippen LogP contribution in [0.5, 0.6) is 0 Å². The monoisotopic (exact) mass is 305 g/mol. The summed E-state index contributed by atoms with van der Waals surface area (Å²) in [5.41, 5.74) is 1.00. The molecule has 1 aromatic carbocycles. The van der Waals surface area contributed by atoms with E-state index < -0.39 is 0 Å². The zero-order valence-corrected chi connectivity index (χ0v) is 10.1. The molecule has 3 nitrogen and oxygen atoms in total. The number of aromatic amines is 1. The van der Waals surface area contributed by atoms with E-state index >= 15 is 0 Å². The van der Waals surface area contributed by atoms with Crippen LogP contribution < -0.4 is 10.7 Å². The summed E-state index contributed by atoms with van der Waals surface area (Å²) < 4.78 is 0. The van der Waals surface area contributed by atoms with Crippen molar-refractivity contribution in [2.24, 2.45) is 0 Å². The molecule has 0 radical (unpaired) electrons. The molecular weight excluding hydrogens is 296 g/mol. The number of H-pyrrole nitrogens is 1. The molecule has 1 N–H and O–H groups in total. The highest BCUT2D eigenvalue weighted by atomic mass is 127. The van der Waals surface area contributed by atoms with Crippen LogP contribution in [0.2, 0.25) is 0 Å². The third-order valence-electron chi connectivity index (χ3n) is 1.46. The van der Waals surface area contributed by atoms with Crippen LogP contribution in [-0.2, 0) is 0 Å². The van der Waals surface area contributed by atoms with Crippen LogP contribution in [0.4, 0.5) is 0 Å². The first-order chi connectivity index (χ1) is 5.95. The van der Waals surface area contributed by atoms with Crippen molar-refractivity contribution in [3.8, 4) is 0 Å². The van der Waals surface area contributed by atoms with Gasteiger partial charge in [-0.05, 0) is 13.9 Å². The molecule has 5 heteroatoms. The predicted octanol–water partition coefficient (Wildman–Crippen LogP) is 1.05. The summed E-state index contributed by atoms with van der Waals surface area (Å²) in [7, 11) is 0.596. The van der Waals surface area contributed by atoms with E-state index in [4.69, 9.17) is 0 Å². The lowest BCUT2D eigenvalue weighted by atomic mass is 10.4. The highest BCUT2D eigenvalue weighted by Crippen LogP contribution is 2.05. The van der Waals surface area contributed by atoms with Crippen molar-refractivity contribution in [3.05, 3.63) is 36.5 Å². The Morgan fingerprint density at radius 3 is 2.54 bits per heavy atom. The average Bonchev–Trinajstić information content (AvgIpc) is 2.59. The highest BCUT2D eigenvalue weighted by Gasteiger charge is 1.96. The second kappa shape index (κ2) is 5.29. The number of aromatic nitrogens is 3. The highest BCUT2D eigenvalue weighted by molar-refractivity contribution is 14.0. The van der Waals surface area contributed by atoms with E-state index in [9.17, 15) is 0 Å². The number of rotatable bonds is 2. The fourth-order valence-corrected chi connectivity index (χ4v) is 1.82. The van der Waals surface area contributed by atoms with Gasteiger partial charge in [-0.3, -0.25) is 5.10 Å². The van der Waals surface area contributed by atoms with E-state index in [0.29, 0.717) is 8.58 Å². The molecule has 2 aromatic rings. The van der Waals surface area contributed by atoms with Crippen molar-refractivity contribution in [2.45, 2.75) is 0 Å². The van der Waals surface area contributed by atoms with Crippen LogP contribution >= 0.6 is 32.6 Å². The first kappa shape index (κ1) is 10.6. The van der Waals surface area contributed by atoms with E-state index in [1.165, 1.54) is 5.30 Å². The van der Waals surface area contributed by atoms with Gasteiger partial charge in [0.2, 0.25) is 0 Å². The topological polar surface area (TPSA) is 41.6 Å². The summed E-state index contributed by atoms with van der Waals surface area (Å²) in [6.07, 6.45) is 1.82. The molecule has 2 rings (SSSR count). The van der Waals surface area contributed by atoms with Gasteiger partial charge in [-0.15, -0.1) is 29.1 Å². The molecule has 1 atom stereocenters. The molecule has 68 valence electrons. The maximum Gasteiger partial charge on any atom is 0.106 e. The number of nitrogens with one attached hydrogen (secondary N) is 1. The maximum atomic E-state index is 3.92. The number of halogens is 1. The first-order valence-electron chi connectivity index (χ1n) is 3.64. The maximum absolute atomic E-state index is 3.92. The van der Waals surface area contributed by atoms with Crippen molar-refractivity contribution in [2.75, 3.05) is 0 Å². The van der Waals surface area contributed by atoms with Crippen LogP contribution in [0.3, 0.4) is 0 Å². The standard InChI is InChI=1S/C8H8N3P.HI/c1-2-4-7(5-3-1)12-8-6-9-11-10-8;/h1-6,12H,(H,9,10,11);1H. The summed E-state index contributed by atoms with van der Waals surface area (Å²) in [5, 5.41) is 11.5. The van der Waals surface area contributed by atoms with Gasteiger partial charge in [-0.2, -0.15) is 0 Å². The normalized spacial score (nSPS) is 10.2. The lowest BCUT2D eigenvalue weighted by molar-refractivity contribution is 0.947. The van der Waals surface area contributed by atoms with Crippen molar-refractivity contribution >= 4 is 43.3 Å². The molecule has 1 unspecified atom stereocenters. The largest absolute Gasteiger partial charge is 0.265 e. The van der Waals surface area contributed by atoms with Gasteiger partial charge in [0.1, 0.15) is 5.44 Å². The summed E-state index contributed by atoms with van der Waals surface area (Å²) in [6, 6.07) is 10.3. The molecule has 13 heavy (non-hydrogen) atoms. The molecule has 0 aliphatic rings. The Hall–Kier alpha value is -0.480. The third-order valence-corrected chi connectivity index (χ3v) is 2.59. The third kappa shape index (κ3) is 3.04. The van der Waals surface area contributed by atoms with Gasteiger partial charge in [0, 0.05) is 6.20 Å². The van der Waals surface area contributed by atoms with E-state index in [2.05, 4.69) is 27.5 Å². The molecule has 0 amide bonds. The summed E-state index contributed by atoms with van der Waals surface area (Å²) in [5.74, 6) is 0. The Bertz CT molecular complexity index is 336. The molecule has 1 aromatic heterocycles. The summed E-state index contributed by atoms with van der Waals surface area (Å²) in [4.78, 5) is 0. The van der Waals surface area contributed by atoms with Gasteiger partial charge >= 0.3 is 0 Å².